The summed E-state index contributed by atoms with van der Waals surface area (Å²) in [6, 6.07) is 0. The molecular formula is C16H28N2O2. The molecule has 0 spiro atoms. The molecule has 1 N–H and O–H groups in total. The fourth-order valence-corrected chi connectivity index (χ4v) is 3.16. The maximum atomic E-state index is 9.90. The minimum Gasteiger partial charge on any atom is -0.385 e. The number of aliphatic hydroxyl groups is 1. The number of hydrogen-bond acceptors (Lipinski definition) is 4. The van der Waals surface area contributed by atoms with Crippen LogP contribution in [-0.2, 0) is 0 Å². The molecule has 1 aromatic rings. The average molecular weight is 280 g/mol. The van der Waals surface area contributed by atoms with Crippen molar-refractivity contribution in [3.8, 4) is 0 Å². The quantitative estimate of drug-likeness (QED) is 0.897. The van der Waals surface area contributed by atoms with Gasteiger partial charge in [0.25, 0.3) is 0 Å². The highest BCUT2D eigenvalue weighted by atomic mass is 16.5. The van der Waals surface area contributed by atoms with E-state index in [1.54, 1.807) is 0 Å². The van der Waals surface area contributed by atoms with Crippen LogP contribution < -0.4 is 0 Å². The van der Waals surface area contributed by atoms with Crippen molar-refractivity contribution in [1.82, 2.24) is 10.1 Å². The van der Waals surface area contributed by atoms with Crippen molar-refractivity contribution in [3.63, 3.8) is 0 Å². The number of hydrogen-bond donors (Lipinski definition) is 1. The van der Waals surface area contributed by atoms with Crippen molar-refractivity contribution in [2.75, 3.05) is 0 Å². The molecule has 1 heterocycles. The predicted octanol–water partition coefficient (Wildman–Crippen LogP) is 4.22. The first-order chi connectivity index (χ1) is 9.41. The van der Waals surface area contributed by atoms with E-state index in [-0.39, 0.29) is 0 Å². The van der Waals surface area contributed by atoms with E-state index in [9.17, 15) is 5.11 Å². The summed E-state index contributed by atoms with van der Waals surface area (Å²) in [5, 5.41) is 13.8. The summed E-state index contributed by atoms with van der Waals surface area (Å²) in [7, 11) is 0. The Bertz CT molecular complexity index is 414. The Morgan fingerprint density at radius 2 is 1.90 bits per heavy atom. The van der Waals surface area contributed by atoms with E-state index in [0.717, 1.165) is 31.1 Å². The van der Waals surface area contributed by atoms with Crippen molar-refractivity contribution in [1.29, 1.82) is 0 Å². The summed E-state index contributed by atoms with van der Waals surface area (Å²) in [6.45, 7) is 9.01. The summed E-state index contributed by atoms with van der Waals surface area (Å²) in [5.74, 6) is 2.35. The molecule has 114 valence electrons. The molecule has 1 aliphatic carbocycles. The van der Waals surface area contributed by atoms with Gasteiger partial charge in [0.15, 0.2) is 5.82 Å². The van der Waals surface area contributed by atoms with Gasteiger partial charge in [-0.3, -0.25) is 0 Å². The summed E-state index contributed by atoms with van der Waals surface area (Å²) < 4.78 is 5.37. The molecule has 1 saturated carbocycles. The predicted molar refractivity (Wildman–Crippen MR) is 78.3 cm³/mol. The smallest absolute Gasteiger partial charge is 0.229 e. The van der Waals surface area contributed by atoms with Gasteiger partial charge in [-0.2, -0.15) is 4.98 Å². The molecule has 20 heavy (non-hydrogen) atoms. The Kier molecular flexibility index (Phi) is 4.84. The molecule has 1 atom stereocenters. The summed E-state index contributed by atoms with van der Waals surface area (Å²) in [4.78, 5) is 4.41. The van der Waals surface area contributed by atoms with Crippen LogP contribution >= 0.6 is 0 Å². The van der Waals surface area contributed by atoms with E-state index in [1.807, 2.05) is 6.92 Å². The number of aromatic nitrogens is 2. The maximum Gasteiger partial charge on any atom is 0.229 e. The second kappa shape index (κ2) is 6.25. The second-order valence-corrected chi connectivity index (χ2v) is 7.21. The van der Waals surface area contributed by atoms with E-state index in [4.69, 9.17) is 4.52 Å². The second-order valence-electron chi connectivity index (χ2n) is 7.21. The summed E-state index contributed by atoms with van der Waals surface area (Å²) in [6.07, 6.45) is 5.72. The highest BCUT2D eigenvalue weighted by Crippen LogP contribution is 2.42. The molecule has 0 radical (unpaired) electrons. The van der Waals surface area contributed by atoms with Gasteiger partial charge in [0.2, 0.25) is 5.89 Å². The van der Waals surface area contributed by atoms with Gasteiger partial charge in [0, 0.05) is 5.92 Å². The van der Waals surface area contributed by atoms with Gasteiger partial charge in [-0.15, -0.1) is 0 Å². The fraction of sp³-hybridized carbons (Fsp3) is 0.875. The van der Waals surface area contributed by atoms with Crippen molar-refractivity contribution in [2.24, 2.45) is 11.3 Å². The van der Waals surface area contributed by atoms with Crippen LogP contribution in [0, 0.1) is 11.3 Å². The zero-order valence-corrected chi connectivity index (χ0v) is 13.2. The zero-order valence-electron chi connectivity index (χ0n) is 13.2. The molecule has 1 fully saturated rings. The van der Waals surface area contributed by atoms with Gasteiger partial charge in [0.05, 0.1) is 0 Å². The van der Waals surface area contributed by atoms with Gasteiger partial charge in [-0.25, -0.2) is 0 Å². The largest absolute Gasteiger partial charge is 0.385 e. The van der Waals surface area contributed by atoms with Crippen molar-refractivity contribution in [2.45, 2.75) is 78.2 Å². The van der Waals surface area contributed by atoms with Crippen LogP contribution in [-0.4, -0.2) is 15.2 Å². The summed E-state index contributed by atoms with van der Waals surface area (Å²) in [5.41, 5.74) is 0.391. The first-order valence-electron chi connectivity index (χ1n) is 7.93. The third-order valence-electron chi connectivity index (χ3n) is 4.62. The third kappa shape index (κ3) is 3.60. The molecule has 0 amide bonds. The maximum absolute atomic E-state index is 9.90. The molecule has 1 aromatic heterocycles. The standard InChI is InChI=1S/C16H28N2O2/c1-5-6-13(19)14-17-15(20-18-14)11-7-9-12(10-8-11)16(2,3)4/h11-13,19H,5-10H2,1-4H3. The molecule has 0 aromatic carbocycles. The Balaban J connectivity index is 1.94. The molecule has 0 saturated heterocycles. The molecule has 0 bridgehead atoms. The van der Waals surface area contributed by atoms with Crippen molar-refractivity contribution >= 4 is 0 Å². The minimum atomic E-state index is -0.580. The van der Waals surface area contributed by atoms with Gasteiger partial charge in [-0.05, 0) is 43.4 Å². The van der Waals surface area contributed by atoms with Gasteiger partial charge in [-0.1, -0.05) is 39.3 Å². The van der Waals surface area contributed by atoms with Gasteiger partial charge in [0.1, 0.15) is 6.10 Å². The van der Waals surface area contributed by atoms with E-state index in [2.05, 4.69) is 30.9 Å². The SMILES string of the molecule is CCCC(O)c1noc(C2CCC(C(C)(C)C)CC2)n1. The number of aliphatic hydroxyl groups excluding tert-OH is 1. The lowest BCUT2D eigenvalue weighted by Crippen LogP contribution is -2.25. The Labute approximate surface area is 122 Å². The molecule has 4 heteroatoms. The monoisotopic (exact) mass is 280 g/mol. The minimum absolute atomic E-state index is 0.378. The lowest BCUT2D eigenvalue weighted by Gasteiger charge is -2.35. The lowest BCUT2D eigenvalue weighted by molar-refractivity contribution is 0.151. The van der Waals surface area contributed by atoms with E-state index >= 15 is 0 Å². The van der Waals surface area contributed by atoms with Crippen molar-refractivity contribution < 1.29 is 9.63 Å². The van der Waals surface area contributed by atoms with E-state index in [0.29, 0.717) is 23.6 Å². The van der Waals surface area contributed by atoms with Crippen LogP contribution in [0.15, 0.2) is 4.52 Å². The molecule has 4 nitrogen and oxygen atoms in total. The van der Waals surface area contributed by atoms with Crippen molar-refractivity contribution in [3.05, 3.63) is 11.7 Å². The Hall–Kier alpha value is -0.900. The first-order valence-corrected chi connectivity index (χ1v) is 7.93. The fourth-order valence-electron chi connectivity index (χ4n) is 3.16. The average Bonchev–Trinajstić information content (AvgIpc) is 2.88. The zero-order chi connectivity index (χ0) is 14.8. The number of rotatable bonds is 4. The highest BCUT2D eigenvalue weighted by molar-refractivity contribution is 4.99. The van der Waals surface area contributed by atoms with Crippen LogP contribution in [0.1, 0.15) is 90.0 Å². The number of nitrogens with zero attached hydrogens (tertiary/aromatic N) is 2. The lowest BCUT2D eigenvalue weighted by atomic mass is 9.70. The Morgan fingerprint density at radius 1 is 1.25 bits per heavy atom. The topological polar surface area (TPSA) is 59.2 Å². The van der Waals surface area contributed by atoms with E-state index in [1.165, 1.54) is 12.8 Å². The normalized spacial score (nSPS) is 25.6. The summed E-state index contributed by atoms with van der Waals surface area (Å²) >= 11 is 0. The first kappa shape index (κ1) is 15.5. The molecule has 1 aliphatic rings. The highest BCUT2D eigenvalue weighted by Gasteiger charge is 2.32. The van der Waals surface area contributed by atoms with Crippen LogP contribution in [0.3, 0.4) is 0 Å². The Morgan fingerprint density at radius 3 is 2.45 bits per heavy atom. The van der Waals surface area contributed by atoms with Crippen LogP contribution in [0.5, 0.6) is 0 Å². The van der Waals surface area contributed by atoms with Crippen LogP contribution in [0.4, 0.5) is 0 Å². The third-order valence-corrected chi connectivity index (χ3v) is 4.62. The van der Waals surface area contributed by atoms with Gasteiger partial charge < -0.3 is 9.63 Å². The molecule has 0 aliphatic heterocycles. The molecular weight excluding hydrogens is 252 g/mol. The van der Waals surface area contributed by atoms with E-state index < -0.39 is 6.10 Å². The van der Waals surface area contributed by atoms with Crippen LogP contribution in [0.25, 0.3) is 0 Å². The molecule has 2 rings (SSSR count). The molecule has 1 unspecified atom stereocenters. The van der Waals surface area contributed by atoms with Gasteiger partial charge >= 0.3 is 0 Å². The van der Waals surface area contributed by atoms with Crippen LogP contribution in [0.2, 0.25) is 0 Å².